The average Bonchev–Trinajstić information content (AvgIpc) is 2.64. The lowest BCUT2D eigenvalue weighted by Crippen LogP contribution is -2.36. The minimum Gasteiger partial charge on any atom is -0.494 e. The minimum atomic E-state index is -0.659. The third-order valence-corrected chi connectivity index (χ3v) is 4.68. The highest BCUT2D eigenvalue weighted by Crippen LogP contribution is 2.21. The highest BCUT2D eigenvalue weighted by atomic mass is 32.2. The Balaban J connectivity index is 1.71. The number of benzene rings is 2. The number of rotatable bonds is 8. The Morgan fingerprint density at radius 3 is 2.54 bits per heavy atom. The van der Waals surface area contributed by atoms with Crippen LogP contribution in [0.1, 0.15) is 18.9 Å². The summed E-state index contributed by atoms with van der Waals surface area (Å²) >= 11 is 1.73. The van der Waals surface area contributed by atoms with Crippen LogP contribution in [-0.2, 0) is 9.59 Å². The van der Waals surface area contributed by atoms with Crippen molar-refractivity contribution in [3.63, 3.8) is 0 Å². The molecule has 0 saturated carbocycles. The van der Waals surface area contributed by atoms with E-state index >= 15 is 0 Å². The second-order valence-corrected chi connectivity index (χ2v) is 6.80. The molecule has 0 fully saturated rings. The summed E-state index contributed by atoms with van der Waals surface area (Å²) in [7, 11) is 0. The quantitative estimate of drug-likeness (QED) is 0.422. The molecule has 26 heavy (non-hydrogen) atoms. The van der Waals surface area contributed by atoms with Gasteiger partial charge in [0.2, 0.25) is 0 Å². The van der Waals surface area contributed by atoms with Gasteiger partial charge >= 0.3 is 11.8 Å². The molecule has 0 bridgehead atoms. The molecule has 0 atom stereocenters. The van der Waals surface area contributed by atoms with Crippen LogP contribution in [0.2, 0.25) is 0 Å². The molecule has 0 aliphatic heterocycles. The molecule has 0 radical (unpaired) electrons. The molecule has 0 unspecified atom stereocenters. The Labute approximate surface area is 158 Å². The van der Waals surface area contributed by atoms with E-state index in [1.165, 1.54) is 4.90 Å². The van der Waals surface area contributed by atoms with Crippen molar-refractivity contribution in [1.82, 2.24) is 5.32 Å². The average molecular weight is 372 g/mol. The maximum Gasteiger partial charge on any atom is 0.313 e. The van der Waals surface area contributed by atoms with Crippen molar-refractivity contribution in [3.05, 3.63) is 54.1 Å². The Morgan fingerprint density at radius 2 is 1.85 bits per heavy atom. The van der Waals surface area contributed by atoms with E-state index in [1.54, 1.807) is 23.9 Å². The standard InChI is InChI=1S/C20H24N2O3S/c1-3-25-16-10-11-18(15(2)14-16)22-20(24)19(23)21-12-7-13-26-17-8-5-4-6-9-17/h4-6,8-11,14H,3,7,12-13H2,1-2H3,(H,21,23)(H,22,24). The second kappa shape index (κ2) is 10.5. The summed E-state index contributed by atoms with van der Waals surface area (Å²) < 4.78 is 5.41. The molecule has 2 N–H and O–H groups in total. The lowest BCUT2D eigenvalue weighted by molar-refractivity contribution is -0.136. The molecular formula is C20H24N2O3S. The summed E-state index contributed by atoms with van der Waals surface area (Å²) in [5.41, 5.74) is 1.45. The number of hydrogen-bond acceptors (Lipinski definition) is 4. The van der Waals surface area contributed by atoms with Crippen LogP contribution in [0.25, 0.3) is 0 Å². The molecule has 138 valence electrons. The molecule has 0 aromatic heterocycles. The van der Waals surface area contributed by atoms with Gasteiger partial charge in [-0.15, -0.1) is 11.8 Å². The van der Waals surface area contributed by atoms with Crippen LogP contribution < -0.4 is 15.4 Å². The van der Waals surface area contributed by atoms with Gasteiger partial charge in [-0.05, 0) is 61.9 Å². The molecule has 5 nitrogen and oxygen atoms in total. The summed E-state index contributed by atoms with van der Waals surface area (Å²) in [4.78, 5) is 25.1. The van der Waals surface area contributed by atoms with Gasteiger partial charge in [0.05, 0.1) is 6.61 Å². The maximum absolute atomic E-state index is 12.0. The Kier molecular flexibility index (Phi) is 8.02. The molecule has 0 aliphatic rings. The van der Waals surface area contributed by atoms with Gasteiger partial charge in [-0.25, -0.2) is 0 Å². The Morgan fingerprint density at radius 1 is 1.08 bits per heavy atom. The Bertz CT molecular complexity index is 735. The summed E-state index contributed by atoms with van der Waals surface area (Å²) in [6.07, 6.45) is 0.792. The van der Waals surface area contributed by atoms with Crippen LogP contribution >= 0.6 is 11.8 Å². The zero-order valence-corrected chi connectivity index (χ0v) is 15.9. The number of nitrogens with one attached hydrogen (secondary N) is 2. The highest BCUT2D eigenvalue weighted by molar-refractivity contribution is 7.99. The van der Waals surface area contributed by atoms with Gasteiger partial charge < -0.3 is 15.4 Å². The zero-order valence-electron chi connectivity index (χ0n) is 15.1. The molecule has 2 rings (SSSR count). The second-order valence-electron chi connectivity index (χ2n) is 5.63. The van der Waals surface area contributed by atoms with Crippen molar-refractivity contribution in [2.45, 2.75) is 25.2 Å². The summed E-state index contributed by atoms with van der Waals surface area (Å²) in [6.45, 7) is 4.81. The number of carbonyl (C=O) groups excluding carboxylic acids is 2. The first-order valence-corrected chi connectivity index (χ1v) is 9.59. The number of anilines is 1. The largest absolute Gasteiger partial charge is 0.494 e. The first-order valence-electron chi connectivity index (χ1n) is 8.60. The van der Waals surface area contributed by atoms with E-state index in [1.807, 2.05) is 38.1 Å². The molecule has 2 amide bonds. The van der Waals surface area contributed by atoms with Crippen LogP contribution in [0, 0.1) is 6.92 Å². The van der Waals surface area contributed by atoms with Crippen molar-refractivity contribution in [2.75, 3.05) is 24.2 Å². The van der Waals surface area contributed by atoms with Gasteiger partial charge in [-0.2, -0.15) is 0 Å². The third-order valence-electron chi connectivity index (χ3n) is 3.58. The minimum absolute atomic E-state index is 0.467. The molecule has 0 spiro atoms. The summed E-state index contributed by atoms with van der Waals surface area (Å²) in [5.74, 6) is 0.337. The molecule has 0 saturated heterocycles. The van der Waals surface area contributed by atoms with Gasteiger partial charge in [-0.3, -0.25) is 9.59 Å². The lowest BCUT2D eigenvalue weighted by Gasteiger charge is -2.10. The summed E-state index contributed by atoms with van der Waals surface area (Å²) in [6, 6.07) is 15.4. The predicted molar refractivity (Wildman–Crippen MR) is 106 cm³/mol. The fourth-order valence-corrected chi connectivity index (χ4v) is 3.15. The fourth-order valence-electron chi connectivity index (χ4n) is 2.27. The van der Waals surface area contributed by atoms with E-state index in [0.29, 0.717) is 18.8 Å². The molecule has 0 heterocycles. The zero-order chi connectivity index (χ0) is 18.8. The molecule has 6 heteroatoms. The van der Waals surface area contributed by atoms with Crippen LogP contribution in [0.3, 0.4) is 0 Å². The third kappa shape index (κ3) is 6.44. The number of thioether (sulfide) groups is 1. The number of carbonyl (C=O) groups is 2. The lowest BCUT2D eigenvalue weighted by atomic mass is 10.2. The van der Waals surface area contributed by atoms with Crippen molar-refractivity contribution in [3.8, 4) is 5.75 Å². The maximum atomic E-state index is 12.0. The predicted octanol–water partition coefficient (Wildman–Crippen LogP) is 3.63. The van der Waals surface area contributed by atoms with Crippen molar-refractivity contribution in [2.24, 2.45) is 0 Å². The number of aryl methyl sites for hydroxylation is 1. The van der Waals surface area contributed by atoms with Gasteiger partial charge in [0.1, 0.15) is 5.75 Å². The van der Waals surface area contributed by atoms with E-state index in [2.05, 4.69) is 22.8 Å². The van der Waals surface area contributed by atoms with Gasteiger partial charge in [0.25, 0.3) is 0 Å². The van der Waals surface area contributed by atoms with Crippen molar-refractivity contribution in [1.29, 1.82) is 0 Å². The van der Waals surface area contributed by atoms with Gasteiger partial charge in [-0.1, -0.05) is 18.2 Å². The fraction of sp³-hybridized carbons (Fsp3) is 0.300. The topological polar surface area (TPSA) is 67.4 Å². The highest BCUT2D eigenvalue weighted by Gasteiger charge is 2.14. The van der Waals surface area contributed by atoms with Crippen LogP contribution in [0.4, 0.5) is 5.69 Å². The van der Waals surface area contributed by atoms with E-state index in [-0.39, 0.29) is 0 Å². The Hall–Kier alpha value is -2.47. The van der Waals surface area contributed by atoms with Crippen LogP contribution in [0.5, 0.6) is 5.75 Å². The number of hydrogen-bond donors (Lipinski definition) is 2. The summed E-state index contributed by atoms with van der Waals surface area (Å²) in [5, 5.41) is 5.29. The van der Waals surface area contributed by atoms with Crippen LogP contribution in [-0.4, -0.2) is 30.7 Å². The van der Waals surface area contributed by atoms with E-state index in [4.69, 9.17) is 4.74 Å². The normalized spacial score (nSPS) is 10.2. The van der Waals surface area contributed by atoms with Crippen LogP contribution in [0.15, 0.2) is 53.4 Å². The molecule has 0 aliphatic carbocycles. The first kappa shape index (κ1) is 19.8. The number of ether oxygens (including phenoxy) is 1. The van der Waals surface area contributed by atoms with E-state index in [9.17, 15) is 9.59 Å². The smallest absolute Gasteiger partial charge is 0.313 e. The van der Waals surface area contributed by atoms with Gasteiger partial charge in [0, 0.05) is 17.1 Å². The van der Waals surface area contributed by atoms with Crippen molar-refractivity contribution >= 4 is 29.3 Å². The molecular weight excluding hydrogens is 348 g/mol. The van der Waals surface area contributed by atoms with E-state index in [0.717, 1.165) is 23.5 Å². The van der Waals surface area contributed by atoms with Crippen molar-refractivity contribution < 1.29 is 14.3 Å². The van der Waals surface area contributed by atoms with E-state index < -0.39 is 11.8 Å². The SMILES string of the molecule is CCOc1ccc(NC(=O)C(=O)NCCCSc2ccccc2)c(C)c1. The molecule has 2 aromatic carbocycles. The number of amides is 2. The monoisotopic (exact) mass is 372 g/mol. The first-order chi connectivity index (χ1) is 12.6. The molecule has 2 aromatic rings. The van der Waals surface area contributed by atoms with Gasteiger partial charge in [0.15, 0.2) is 0 Å².